The zero-order valence-corrected chi connectivity index (χ0v) is 15.7. The normalized spacial score (nSPS) is 25.7. The van der Waals surface area contributed by atoms with Gasteiger partial charge in [-0.3, -0.25) is 19.2 Å². The molecule has 25 heavy (non-hydrogen) atoms. The third kappa shape index (κ3) is 3.86. The van der Waals surface area contributed by atoms with Crippen molar-refractivity contribution in [1.29, 1.82) is 0 Å². The quantitative estimate of drug-likeness (QED) is 0.858. The number of nitrogens with zero attached hydrogens (tertiary/aromatic N) is 4. The Balaban J connectivity index is 1.46. The summed E-state index contributed by atoms with van der Waals surface area (Å²) in [6.07, 6.45) is 6.28. The molecule has 2 amide bonds. The first-order valence-corrected chi connectivity index (χ1v) is 9.05. The number of aromatic nitrogens is 2. The minimum atomic E-state index is -0.0579. The number of likely N-dealkylation sites (tertiary alicyclic amines) is 1. The second-order valence-corrected chi connectivity index (χ2v) is 8.06. The summed E-state index contributed by atoms with van der Waals surface area (Å²) in [5.41, 5.74) is 0.808. The molecule has 2 heterocycles. The Morgan fingerprint density at radius 3 is 2.76 bits per heavy atom. The van der Waals surface area contributed by atoms with Crippen molar-refractivity contribution in [2.45, 2.75) is 45.2 Å². The van der Waals surface area contributed by atoms with E-state index in [1.54, 1.807) is 24.1 Å². The van der Waals surface area contributed by atoms with Gasteiger partial charge in [0.15, 0.2) is 0 Å². The molecular formula is C18H29N5O2. The van der Waals surface area contributed by atoms with E-state index in [1.807, 2.05) is 11.9 Å². The van der Waals surface area contributed by atoms with E-state index < -0.39 is 0 Å². The molecule has 0 bridgehead atoms. The van der Waals surface area contributed by atoms with E-state index in [-0.39, 0.29) is 23.3 Å². The molecule has 7 nitrogen and oxygen atoms in total. The molecule has 2 fully saturated rings. The lowest BCUT2D eigenvalue weighted by Gasteiger charge is -2.45. The van der Waals surface area contributed by atoms with Gasteiger partial charge in [0.05, 0.1) is 18.3 Å². The number of hydrogen-bond donors (Lipinski definition) is 1. The van der Waals surface area contributed by atoms with Crippen LogP contribution in [0, 0.1) is 5.41 Å². The third-order valence-electron chi connectivity index (χ3n) is 5.72. The van der Waals surface area contributed by atoms with Gasteiger partial charge < -0.3 is 10.2 Å². The highest BCUT2D eigenvalue weighted by molar-refractivity contribution is 5.93. The first kappa shape index (κ1) is 17.9. The van der Waals surface area contributed by atoms with Gasteiger partial charge >= 0.3 is 0 Å². The van der Waals surface area contributed by atoms with Crippen LogP contribution in [0.2, 0.25) is 0 Å². The van der Waals surface area contributed by atoms with Gasteiger partial charge in [-0.1, -0.05) is 0 Å². The molecule has 0 unspecified atom stereocenters. The number of likely N-dealkylation sites (N-methyl/N-ethyl adjacent to an activating group) is 1. The zero-order chi connectivity index (χ0) is 18.2. The molecule has 138 valence electrons. The summed E-state index contributed by atoms with van der Waals surface area (Å²) in [6.45, 7) is 6.35. The number of aryl methyl sites for hydroxylation is 1. The van der Waals surface area contributed by atoms with Gasteiger partial charge in [-0.2, -0.15) is 5.10 Å². The Labute approximate surface area is 149 Å². The first-order valence-electron chi connectivity index (χ1n) is 9.05. The number of amides is 2. The molecule has 0 radical (unpaired) electrons. The molecule has 1 aromatic rings. The van der Waals surface area contributed by atoms with E-state index in [0.717, 1.165) is 32.4 Å². The Kier molecular flexibility index (Phi) is 4.86. The SMILES string of the molecule is CC(C)N(C)CC(=O)N1CCC2(CC(NC(=O)c3cnn(C)c3)C2)C1. The van der Waals surface area contributed by atoms with Gasteiger partial charge in [0, 0.05) is 38.4 Å². The Morgan fingerprint density at radius 2 is 2.16 bits per heavy atom. The van der Waals surface area contributed by atoms with E-state index in [2.05, 4.69) is 29.2 Å². The molecule has 1 aliphatic heterocycles. The molecule has 1 saturated heterocycles. The topological polar surface area (TPSA) is 70.5 Å². The van der Waals surface area contributed by atoms with Crippen LogP contribution >= 0.6 is 0 Å². The number of carbonyl (C=O) groups is 2. The number of rotatable bonds is 5. The smallest absolute Gasteiger partial charge is 0.254 e. The van der Waals surface area contributed by atoms with Crippen molar-refractivity contribution >= 4 is 11.8 Å². The molecule has 1 aromatic heterocycles. The molecule has 3 rings (SSSR count). The lowest BCUT2D eigenvalue weighted by molar-refractivity contribution is -0.132. The summed E-state index contributed by atoms with van der Waals surface area (Å²) in [5, 5.41) is 7.12. The molecule has 1 saturated carbocycles. The number of hydrogen-bond acceptors (Lipinski definition) is 4. The highest BCUT2D eigenvalue weighted by Crippen LogP contribution is 2.48. The van der Waals surface area contributed by atoms with Gasteiger partial charge in [0.2, 0.25) is 5.91 Å². The lowest BCUT2D eigenvalue weighted by Crippen LogP contribution is -2.52. The molecule has 0 atom stereocenters. The van der Waals surface area contributed by atoms with Crippen LogP contribution in [0.3, 0.4) is 0 Å². The van der Waals surface area contributed by atoms with Gasteiger partial charge in [0.25, 0.3) is 5.91 Å². The maximum absolute atomic E-state index is 12.4. The summed E-state index contributed by atoms with van der Waals surface area (Å²) >= 11 is 0. The Hall–Kier alpha value is -1.89. The van der Waals surface area contributed by atoms with Gasteiger partial charge in [-0.15, -0.1) is 0 Å². The fourth-order valence-corrected chi connectivity index (χ4v) is 3.87. The fraction of sp³-hybridized carbons (Fsp3) is 0.722. The maximum Gasteiger partial charge on any atom is 0.254 e. The van der Waals surface area contributed by atoms with Crippen molar-refractivity contribution in [3.63, 3.8) is 0 Å². The molecular weight excluding hydrogens is 318 g/mol. The highest BCUT2D eigenvalue weighted by atomic mass is 16.2. The summed E-state index contributed by atoms with van der Waals surface area (Å²) < 4.78 is 1.63. The van der Waals surface area contributed by atoms with Crippen LogP contribution in [0.5, 0.6) is 0 Å². The van der Waals surface area contributed by atoms with E-state index in [0.29, 0.717) is 18.2 Å². The van der Waals surface area contributed by atoms with Crippen LogP contribution < -0.4 is 5.32 Å². The fourth-order valence-electron chi connectivity index (χ4n) is 3.87. The van der Waals surface area contributed by atoms with Crippen LogP contribution in [0.25, 0.3) is 0 Å². The Bertz CT molecular complexity index is 648. The first-order chi connectivity index (χ1) is 11.8. The standard InChI is InChI=1S/C18H29N5O2/c1-13(2)21(3)11-16(24)23-6-5-18(12-23)7-15(8-18)20-17(25)14-9-19-22(4)10-14/h9-10,13,15H,5-8,11-12H2,1-4H3,(H,20,25). The molecule has 1 N–H and O–H groups in total. The molecule has 1 aliphatic carbocycles. The predicted molar refractivity (Wildman–Crippen MR) is 95.1 cm³/mol. The molecule has 1 spiro atoms. The van der Waals surface area contributed by atoms with Crippen molar-refractivity contribution in [1.82, 2.24) is 24.9 Å². The summed E-state index contributed by atoms with van der Waals surface area (Å²) in [5.74, 6) is 0.161. The average Bonchev–Trinajstić information content (AvgIpc) is 3.13. The molecule has 7 heteroatoms. The third-order valence-corrected chi connectivity index (χ3v) is 5.72. The minimum Gasteiger partial charge on any atom is -0.349 e. The summed E-state index contributed by atoms with van der Waals surface area (Å²) in [6, 6.07) is 0.581. The second-order valence-electron chi connectivity index (χ2n) is 8.06. The largest absolute Gasteiger partial charge is 0.349 e. The van der Waals surface area contributed by atoms with Crippen molar-refractivity contribution in [2.24, 2.45) is 12.5 Å². The van der Waals surface area contributed by atoms with E-state index >= 15 is 0 Å². The molecule has 0 aromatic carbocycles. The average molecular weight is 347 g/mol. The van der Waals surface area contributed by atoms with Crippen LogP contribution in [-0.4, -0.2) is 70.2 Å². The van der Waals surface area contributed by atoms with Crippen LogP contribution in [-0.2, 0) is 11.8 Å². The van der Waals surface area contributed by atoms with E-state index in [9.17, 15) is 9.59 Å². The van der Waals surface area contributed by atoms with Gasteiger partial charge in [-0.25, -0.2) is 0 Å². The predicted octanol–water partition coefficient (Wildman–Crippen LogP) is 0.871. The lowest BCUT2D eigenvalue weighted by atomic mass is 9.65. The highest BCUT2D eigenvalue weighted by Gasteiger charge is 2.49. The Morgan fingerprint density at radius 1 is 1.44 bits per heavy atom. The zero-order valence-electron chi connectivity index (χ0n) is 15.7. The van der Waals surface area contributed by atoms with Crippen molar-refractivity contribution in [2.75, 3.05) is 26.7 Å². The minimum absolute atomic E-state index is 0.0579. The number of nitrogens with one attached hydrogen (secondary N) is 1. The molecule has 2 aliphatic rings. The van der Waals surface area contributed by atoms with E-state index in [1.165, 1.54) is 0 Å². The van der Waals surface area contributed by atoms with E-state index in [4.69, 9.17) is 0 Å². The maximum atomic E-state index is 12.4. The van der Waals surface area contributed by atoms with Gasteiger partial charge in [0.1, 0.15) is 0 Å². The van der Waals surface area contributed by atoms with Crippen molar-refractivity contribution in [3.05, 3.63) is 18.0 Å². The van der Waals surface area contributed by atoms with Crippen molar-refractivity contribution < 1.29 is 9.59 Å². The van der Waals surface area contributed by atoms with Gasteiger partial charge in [-0.05, 0) is 45.6 Å². The van der Waals surface area contributed by atoms with Crippen LogP contribution in [0.4, 0.5) is 0 Å². The summed E-state index contributed by atoms with van der Waals surface area (Å²) in [4.78, 5) is 28.7. The van der Waals surface area contributed by atoms with Crippen LogP contribution in [0.15, 0.2) is 12.4 Å². The second kappa shape index (κ2) is 6.78. The van der Waals surface area contributed by atoms with Crippen LogP contribution in [0.1, 0.15) is 43.5 Å². The number of carbonyl (C=O) groups excluding carboxylic acids is 2. The summed E-state index contributed by atoms with van der Waals surface area (Å²) in [7, 11) is 3.79. The monoisotopic (exact) mass is 347 g/mol. The van der Waals surface area contributed by atoms with Crippen molar-refractivity contribution in [3.8, 4) is 0 Å².